The molecule has 0 unspecified atom stereocenters. The molecule has 0 radical (unpaired) electrons. The molecule has 4 aliphatic rings. The quantitative estimate of drug-likeness (QED) is 0.210. The molecule has 5 nitrogen and oxygen atoms in total. The number of anilines is 1. The lowest BCUT2D eigenvalue weighted by molar-refractivity contribution is 0.171. The molecule has 0 spiro atoms. The number of benzene rings is 4. The van der Waals surface area contributed by atoms with Gasteiger partial charge in [-0.25, -0.2) is 0 Å². The predicted molar refractivity (Wildman–Crippen MR) is 222 cm³/mol. The molecule has 3 heterocycles. The molecular weight excluding hydrogens is 655 g/mol. The first kappa shape index (κ1) is 40.1. The molecule has 286 valence electrons. The number of nitrogens with zero attached hydrogens (tertiary/aromatic N) is 1. The van der Waals surface area contributed by atoms with Gasteiger partial charge in [-0.15, -0.1) is 0 Å². The zero-order chi connectivity index (χ0) is 37.9. The number of ether oxygens (including phenoxy) is 4. The van der Waals surface area contributed by atoms with E-state index in [2.05, 4.69) is 134 Å². The van der Waals surface area contributed by atoms with Gasteiger partial charge in [0.15, 0.2) is 11.5 Å². The molecule has 53 heavy (non-hydrogen) atoms. The van der Waals surface area contributed by atoms with Gasteiger partial charge in [0.05, 0.1) is 18.8 Å². The second-order valence-electron chi connectivity index (χ2n) is 16.0. The maximum absolute atomic E-state index is 5.72. The third-order valence-corrected chi connectivity index (χ3v) is 10.6. The monoisotopic (exact) mass is 719 g/mol. The molecule has 4 aromatic rings. The minimum absolute atomic E-state index is 0.538. The highest BCUT2D eigenvalue weighted by molar-refractivity contribution is 5.65. The van der Waals surface area contributed by atoms with Crippen molar-refractivity contribution in [2.45, 2.75) is 118 Å². The molecule has 0 aromatic heterocycles. The average molecular weight is 720 g/mol. The summed E-state index contributed by atoms with van der Waals surface area (Å²) < 4.78 is 22.3. The summed E-state index contributed by atoms with van der Waals surface area (Å²) in [6, 6.07) is 26.0. The summed E-state index contributed by atoms with van der Waals surface area (Å²) in [5.41, 5.74) is 11.4. The van der Waals surface area contributed by atoms with Crippen molar-refractivity contribution in [2.24, 2.45) is 0 Å². The van der Waals surface area contributed by atoms with Gasteiger partial charge in [-0.05, 0) is 119 Å². The van der Waals surface area contributed by atoms with E-state index in [-0.39, 0.29) is 0 Å². The standard InChI is InChI=1S/C13H18.C12H17NO.C12H16O.C11H14O2/c1-10(2)12-8-7-11-5-3-4-6-13(11)9-12;1-9(2)10-5-4-6-11-12(10)13(3)7-8-14-11;1-9(2)11-7-3-5-10-6-4-8-13-12(10)11;1-8(2)9-3-4-10-11(7-9)13-6-5-12-10/h7-10H,3-6H2,1-2H3;4-6,9H,7-8H2,1-3H3;3,5,7,9H,4,6,8H2,1-2H3;3-4,7-8H,5-6H2,1-2H3. The summed E-state index contributed by atoms with van der Waals surface area (Å²) in [5.74, 6) is 6.27. The summed E-state index contributed by atoms with van der Waals surface area (Å²) in [7, 11) is 2.13. The van der Waals surface area contributed by atoms with Gasteiger partial charge in [0, 0.05) is 7.05 Å². The highest BCUT2D eigenvalue weighted by atomic mass is 16.6. The van der Waals surface area contributed by atoms with E-state index in [4.69, 9.17) is 18.9 Å². The van der Waals surface area contributed by atoms with E-state index in [1.807, 2.05) is 6.07 Å². The van der Waals surface area contributed by atoms with E-state index < -0.39 is 0 Å². The Kier molecular flexibility index (Phi) is 14.6. The summed E-state index contributed by atoms with van der Waals surface area (Å²) >= 11 is 0. The average Bonchev–Trinajstić information content (AvgIpc) is 3.17. The molecule has 0 N–H and O–H groups in total. The molecule has 3 aliphatic heterocycles. The van der Waals surface area contributed by atoms with Crippen LogP contribution in [0.1, 0.15) is 137 Å². The third kappa shape index (κ3) is 10.7. The molecule has 0 atom stereocenters. The van der Waals surface area contributed by atoms with Crippen molar-refractivity contribution in [1.29, 1.82) is 0 Å². The van der Waals surface area contributed by atoms with Crippen molar-refractivity contribution in [1.82, 2.24) is 0 Å². The highest BCUT2D eigenvalue weighted by Gasteiger charge is 2.20. The molecule has 5 heteroatoms. The van der Waals surface area contributed by atoms with Gasteiger partial charge in [-0.3, -0.25) is 0 Å². The Morgan fingerprint density at radius 2 is 1.08 bits per heavy atom. The number of aryl methyl sites for hydroxylation is 3. The normalized spacial score (nSPS) is 15.3. The van der Waals surface area contributed by atoms with Crippen LogP contribution in [0.2, 0.25) is 0 Å². The zero-order valence-corrected chi connectivity index (χ0v) is 34.1. The van der Waals surface area contributed by atoms with E-state index in [0.717, 1.165) is 49.2 Å². The van der Waals surface area contributed by atoms with Gasteiger partial charge in [-0.2, -0.15) is 0 Å². The molecule has 4 aromatic carbocycles. The summed E-state index contributed by atoms with van der Waals surface area (Å²) in [6.07, 6.45) is 7.70. The lowest BCUT2D eigenvalue weighted by Gasteiger charge is -2.30. The minimum atomic E-state index is 0.538. The maximum atomic E-state index is 5.72. The summed E-state index contributed by atoms with van der Waals surface area (Å²) in [5, 5.41) is 0. The number of likely N-dealkylation sites (N-methyl/N-ethyl adjacent to an activating group) is 1. The van der Waals surface area contributed by atoms with Crippen LogP contribution in [-0.4, -0.2) is 40.0 Å². The highest BCUT2D eigenvalue weighted by Crippen LogP contribution is 2.38. The smallest absolute Gasteiger partial charge is 0.161 e. The molecule has 8 rings (SSSR count). The van der Waals surface area contributed by atoms with E-state index in [1.165, 1.54) is 65.6 Å². The number of rotatable bonds is 4. The Morgan fingerprint density at radius 3 is 1.79 bits per heavy atom. The Balaban J connectivity index is 0.000000136. The first-order valence-electron chi connectivity index (χ1n) is 20.3. The van der Waals surface area contributed by atoms with Crippen molar-refractivity contribution in [3.05, 3.63) is 112 Å². The van der Waals surface area contributed by atoms with Crippen LogP contribution in [-0.2, 0) is 19.3 Å². The summed E-state index contributed by atoms with van der Waals surface area (Å²) in [6.45, 7) is 21.7. The van der Waals surface area contributed by atoms with E-state index in [9.17, 15) is 0 Å². The van der Waals surface area contributed by atoms with Crippen LogP contribution in [0.15, 0.2) is 72.8 Å². The van der Waals surface area contributed by atoms with Gasteiger partial charge in [-0.1, -0.05) is 110 Å². The van der Waals surface area contributed by atoms with Crippen molar-refractivity contribution < 1.29 is 18.9 Å². The summed E-state index contributed by atoms with van der Waals surface area (Å²) in [4.78, 5) is 2.29. The Labute approximate surface area is 321 Å². The second kappa shape index (κ2) is 19.3. The minimum Gasteiger partial charge on any atom is -0.493 e. The first-order valence-corrected chi connectivity index (χ1v) is 20.3. The van der Waals surface area contributed by atoms with Gasteiger partial charge >= 0.3 is 0 Å². The SMILES string of the molecule is CC(C)c1ccc2c(c1)CCCC2.CC(C)c1ccc2c(c1)OCCO2.CC(C)c1cccc2c1N(C)CCO2.CC(C)c1cccc2c1OCCC2. The van der Waals surface area contributed by atoms with Crippen LogP contribution in [0.25, 0.3) is 0 Å². The van der Waals surface area contributed by atoms with Crippen LogP contribution >= 0.6 is 0 Å². The molecule has 1 aliphatic carbocycles. The fourth-order valence-corrected chi connectivity index (χ4v) is 7.34. The topological polar surface area (TPSA) is 40.2 Å². The maximum Gasteiger partial charge on any atom is 0.161 e. The fraction of sp³-hybridized carbons (Fsp3) is 0.500. The molecule has 0 bridgehead atoms. The largest absolute Gasteiger partial charge is 0.493 e. The fourth-order valence-electron chi connectivity index (χ4n) is 7.34. The van der Waals surface area contributed by atoms with Crippen molar-refractivity contribution >= 4 is 5.69 Å². The Morgan fingerprint density at radius 1 is 0.472 bits per heavy atom. The van der Waals surface area contributed by atoms with Crippen LogP contribution in [0.3, 0.4) is 0 Å². The van der Waals surface area contributed by atoms with E-state index in [0.29, 0.717) is 36.9 Å². The zero-order valence-electron chi connectivity index (χ0n) is 34.1. The van der Waals surface area contributed by atoms with Crippen molar-refractivity contribution in [3.63, 3.8) is 0 Å². The lowest BCUT2D eigenvalue weighted by atomic mass is 9.88. The molecule has 0 saturated carbocycles. The molecular formula is C48H65NO4. The van der Waals surface area contributed by atoms with Crippen molar-refractivity contribution in [3.8, 4) is 23.0 Å². The van der Waals surface area contributed by atoms with Gasteiger partial charge in [0.25, 0.3) is 0 Å². The predicted octanol–water partition coefficient (Wildman–Crippen LogP) is 12.0. The van der Waals surface area contributed by atoms with Crippen LogP contribution in [0.4, 0.5) is 5.69 Å². The third-order valence-electron chi connectivity index (χ3n) is 10.6. The first-order chi connectivity index (χ1) is 25.5. The number of para-hydroxylation sites is 2. The van der Waals surface area contributed by atoms with E-state index in [1.54, 1.807) is 11.1 Å². The van der Waals surface area contributed by atoms with Crippen LogP contribution < -0.4 is 23.8 Å². The Hall–Kier alpha value is -4.12. The van der Waals surface area contributed by atoms with Crippen molar-refractivity contribution in [2.75, 3.05) is 44.9 Å². The molecule has 0 saturated heterocycles. The second-order valence-corrected chi connectivity index (χ2v) is 16.0. The number of hydrogen-bond donors (Lipinski definition) is 0. The van der Waals surface area contributed by atoms with Gasteiger partial charge < -0.3 is 23.8 Å². The number of hydrogen-bond acceptors (Lipinski definition) is 5. The van der Waals surface area contributed by atoms with Crippen LogP contribution in [0.5, 0.6) is 23.0 Å². The molecule has 0 amide bonds. The molecule has 0 fully saturated rings. The van der Waals surface area contributed by atoms with Gasteiger partial charge in [0.1, 0.15) is 31.3 Å². The number of fused-ring (bicyclic) bond motifs is 4. The van der Waals surface area contributed by atoms with E-state index >= 15 is 0 Å². The Bertz CT molecular complexity index is 1690. The van der Waals surface area contributed by atoms with Gasteiger partial charge in [0.2, 0.25) is 0 Å². The van der Waals surface area contributed by atoms with Crippen LogP contribution in [0, 0.1) is 0 Å². The lowest BCUT2D eigenvalue weighted by Crippen LogP contribution is -2.29.